The summed E-state index contributed by atoms with van der Waals surface area (Å²) in [5, 5.41) is 12.3. The minimum atomic E-state index is -4.68. The van der Waals surface area contributed by atoms with Crippen LogP contribution in [0.1, 0.15) is 24.1 Å². The molecular weight excluding hydrogens is 479 g/mol. The van der Waals surface area contributed by atoms with E-state index in [4.69, 9.17) is 4.52 Å². The van der Waals surface area contributed by atoms with Crippen LogP contribution in [-0.4, -0.2) is 46.2 Å². The summed E-state index contributed by atoms with van der Waals surface area (Å²) in [6.45, 7) is 1.46. The smallest absolute Gasteiger partial charge is 0.416 e. The molecule has 2 fully saturated rings. The van der Waals surface area contributed by atoms with Gasteiger partial charge in [0.25, 0.3) is 0 Å². The number of pyridine rings is 1. The first-order valence-electron chi connectivity index (χ1n) is 11.3. The number of alkyl halides is 3. The van der Waals surface area contributed by atoms with E-state index in [0.717, 1.165) is 25.0 Å². The number of nitrogens with one attached hydrogen (secondary N) is 2. The molecule has 36 heavy (non-hydrogen) atoms. The van der Waals surface area contributed by atoms with Crippen molar-refractivity contribution >= 4 is 29.2 Å². The van der Waals surface area contributed by atoms with Crippen LogP contribution in [-0.2, 0) is 17.5 Å². The van der Waals surface area contributed by atoms with E-state index >= 15 is 0 Å². The third-order valence-corrected chi connectivity index (χ3v) is 5.88. The molecule has 3 amide bonds. The predicted octanol–water partition coefficient (Wildman–Crippen LogP) is 3.69. The van der Waals surface area contributed by atoms with Crippen LogP contribution >= 0.6 is 0 Å². The van der Waals surface area contributed by atoms with Crippen LogP contribution in [0.15, 0.2) is 53.3 Å². The number of nitrogens with zero attached hydrogens (tertiary/aromatic N) is 5. The monoisotopic (exact) mass is 501 g/mol. The number of carbonyl (C=O) groups excluding carboxylic acids is 2. The third-order valence-electron chi connectivity index (χ3n) is 5.88. The van der Waals surface area contributed by atoms with Gasteiger partial charge in [-0.15, -0.1) is 0 Å². The van der Waals surface area contributed by atoms with Gasteiger partial charge in [0.1, 0.15) is 5.69 Å². The van der Waals surface area contributed by atoms with Gasteiger partial charge in [0, 0.05) is 31.0 Å². The van der Waals surface area contributed by atoms with Crippen LogP contribution in [0.2, 0.25) is 0 Å². The van der Waals surface area contributed by atoms with Crippen LogP contribution in [0.3, 0.4) is 0 Å². The van der Waals surface area contributed by atoms with Gasteiger partial charge in [-0.3, -0.25) is 19.5 Å². The SMILES string of the molecule is O=C([N-]c1c[n+](Cc2ccccn2)no1)Nc1cc(NC(=O)C2CN(C3CC3)C2)cc(C(F)(F)F)c1. The first-order valence-corrected chi connectivity index (χ1v) is 11.3. The van der Waals surface area contributed by atoms with Gasteiger partial charge in [-0.1, -0.05) is 6.07 Å². The lowest BCUT2D eigenvalue weighted by Gasteiger charge is -2.38. The van der Waals surface area contributed by atoms with Gasteiger partial charge in [-0.25, -0.2) is 0 Å². The van der Waals surface area contributed by atoms with Crippen molar-refractivity contribution in [1.82, 2.24) is 15.2 Å². The van der Waals surface area contributed by atoms with E-state index < -0.39 is 17.8 Å². The minimum absolute atomic E-state index is 0.0668. The highest BCUT2D eigenvalue weighted by atomic mass is 19.4. The molecule has 2 aliphatic rings. The first-order chi connectivity index (χ1) is 17.2. The molecule has 3 heterocycles. The standard InChI is InChI=1S/C23H22F3N7O3/c24-23(25,26)15-7-17(28-21(34)14-10-32(11-14)19-4-5-19)9-18(8-15)29-22(35)30-20-13-33(31-36-20)12-16-3-1-2-6-27-16/h1-3,6-9,13-14,19H,4-5,10-12H2,(H2-,28,29,30,31,34,35). The van der Waals surface area contributed by atoms with E-state index in [1.54, 1.807) is 18.3 Å². The van der Waals surface area contributed by atoms with Gasteiger partial charge in [0.05, 0.1) is 11.5 Å². The number of benzene rings is 1. The number of rotatable bonds is 7. The maximum absolute atomic E-state index is 13.4. The molecule has 1 saturated heterocycles. The highest BCUT2D eigenvalue weighted by Crippen LogP contribution is 2.35. The fourth-order valence-electron chi connectivity index (χ4n) is 3.90. The van der Waals surface area contributed by atoms with E-state index in [-0.39, 0.29) is 35.6 Å². The van der Waals surface area contributed by atoms with Crippen molar-refractivity contribution in [2.75, 3.05) is 23.7 Å². The number of urea groups is 1. The molecule has 0 unspecified atom stereocenters. The molecule has 1 aromatic carbocycles. The van der Waals surface area contributed by atoms with Gasteiger partial charge >= 0.3 is 6.18 Å². The molecule has 2 N–H and O–H groups in total. The molecule has 0 radical (unpaired) electrons. The van der Waals surface area contributed by atoms with Crippen LogP contribution < -0.4 is 15.3 Å². The summed E-state index contributed by atoms with van der Waals surface area (Å²) in [6.07, 6.45) is 0.534. The lowest BCUT2D eigenvalue weighted by molar-refractivity contribution is -0.755. The van der Waals surface area contributed by atoms with Crippen molar-refractivity contribution in [3.8, 4) is 0 Å². The zero-order valence-corrected chi connectivity index (χ0v) is 18.9. The number of likely N-dealkylation sites (tertiary alicyclic amines) is 1. The highest BCUT2D eigenvalue weighted by Gasteiger charge is 2.41. The van der Waals surface area contributed by atoms with E-state index in [9.17, 15) is 22.8 Å². The molecule has 1 aliphatic carbocycles. The molecule has 3 aromatic rings. The number of amides is 3. The largest absolute Gasteiger partial charge is 0.424 e. The van der Waals surface area contributed by atoms with Crippen LogP contribution in [0.25, 0.3) is 5.32 Å². The van der Waals surface area contributed by atoms with E-state index in [2.05, 4.69) is 31.1 Å². The maximum atomic E-state index is 13.4. The summed E-state index contributed by atoms with van der Waals surface area (Å²) in [4.78, 5) is 31.2. The lowest BCUT2D eigenvalue weighted by atomic mass is 9.98. The summed E-state index contributed by atoms with van der Waals surface area (Å²) in [6, 6.07) is 7.77. The van der Waals surface area contributed by atoms with E-state index in [1.165, 1.54) is 16.9 Å². The fraction of sp³-hybridized carbons (Fsp3) is 0.348. The second-order valence-electron chi connectivity index (χ2n) is 8.77. The second-order valence-corrected chi connectivity index (χ2v) is 8.77. The van der Waals surface area contributed by atoms with E-state index in [1.807, 2.05) is 6.07 Å². The van der Waals surface area contributed by atoms with Gasteiger partial charge < -0.3 is 20.5 Å². The first kappa shape index (κ1) is 23.7. The Morgan fingerprint density at radius 3 is 2.56 bits per heavy atom. The van der Waals surface area contributed by atoms with Crippen molar-refractivity contribution in [3.05, 3.63) is 65.4 Å². The number of hydrogen-bond donors (Lipinski definition) is 2. The molecule has 0 atom stereocenters. The zero-order valence-electron chi connectivity index (χ0n) is 18.9. The van der Waals surface area contributed by atoms with Crippen LogP contribution in [0.5, 0.6) is 0 Å². The Balaban J connectivity index is 1.22. The Hall–Kier alpha value is -4.00. The summed E-state index contributed by atoms with van der Waals surface area (Å²) in [5.41, 5.74) is -0.560. The normalized spacial score (nSPS) is 16.3. The van der Waals surface area contributed by atoms with Crippen LogP contribution in [0.4, 0.5) is 35.2 Å². The molecule has 5 rings (SSSR count). The minimum Gasteiger partial charge on any atom is -0.424 e. The van der Waals surface area contributed by atoms with E-state index in [0.29, 0.717) is 24.8 Å². The molecule has 0 spiro atoms. The van der Waals surface area contributed by atoms with Crippen LogP contribution in [0, 0.1) is 5.92 Å². The Morgan fingerprint density at radius 1 is 1.14 bits per heavy atom. The molecule has 1 aliphatic heterocycles. The van der Waals surface area contributed by atoms with Gasteiger partial charge in [0.15, 0.2) is 11.3 Å². The maximum Gasteiger partial charge on any atom is 0.416 e. The molecule has 10 nitrogen and oxygen atoms in total. The number of aromatic nitrogens is 3. The Labute approximate surface area is 203 Å². The zero-order chi connectivity index (χ0) is 25.3. The van der Waals surface area contributed by atoms with Crippen molar-refractivity contribution in [3.63, 3.8) is 0 Å². The summed E-state index contributed by atoms with van der Waals surface area (Å²) in [5.74, 6) is -0.779. The second kappa shape index (κ2) is 9.57. The third kappa shape index (κ3) is 5.79. The predicted molar refractivity (Wildman–Crippen MR) is 120 cm³/mol. The average molecular weight is 501 g/mol. The molecular formula is C23H22F3N7O3. The van der Waals surface area contributed by atoms with Crippen molar-refractivity contribution in [2.24, 2.45) is 5.92 Å². The van der Waals surface area contributed by atoms with Crippen molar-refractivity contribution < 1.29 is 32.0 Å². The van der Waals surface area contributed by atoms with Gasteiger partial charge in [0.2, 0.25) is 24.5 Å². The Morgan fingerprint density at radius 2 is 1.89 bits per heavy atom. The van der Waals surface area contributed by atoms with Crippen molar-refractivity contribution in [2.45, 2.75) is 31.6 Å². The number of anilines is 2. The quantitative estimate of drug-likeness (QED) is 0.477. The van der Waals surface area contributed by atoms with Crippen molar-refractivity contribution in [1.29, 1.82) is 0 Å². The summed E-state index contributed by atoms with van der Waals surface area (Å²) >= 11 is 0. The Bertz CT molecular complexity index is 1260. The van der Waals surface area contributed by atoms with Gasteiger partial charge in [-0.2, -0.15) is 13.2 Å². The average Bonchev–Trinajstić information content (AvgIpc) is 3.52. The molecule has 2 aromatic heterocycles. The van der Waals surface area contributed by atoms with Gasteiger partial charge in [-0.05, 0) is 53.5 Å². The number of halogens is 3. The lowest BCUT2D eigenvalue weighted by Crippen LogP contribution is -2.52. The summed E-state index contributed by atoms with van der Waals surface area (Å²) < 4.78 is 46.7. The fourth-order valence-corrected chi connectivity index (χ4v) is 3.90. The molecule has 0 bridgehead atoms. The Kier molecular flexibility index (Phi) is 6.31. The molecule has 188 valence electrons. The number of hydrogen-bond acceptors (Lipinski definition) is 6. The molecule has 13 heteroatoms. The topological polar surface area (TPSA) is 118 Å². The molecule has 1 saturated carbocycles. The number of carbonyl (C=O) groups is 2. The highest BCUT2D eigenvalue weighted by molar-refractivity contribution is 6.04. The summed E-state index contributed by atoms with van der Waals surface area (Å²) in [7, 11) is 0.